The molecule has 0 aliphatic carbocycles. The van der Waals surface area contributed by atoms with Crippen molar-refractivity contribution < 1.29 is 9.53 Å². The van der Waals surface area contributed by atoms with Crippen LogP contribution in [0.25, 0.3) is 10.9 Å². The van der Waals surface area contributed by atoms with E-state index in [2.05, 4.69) is 20.5 Å². The highest BCUT2D eigenvalue weighted by Gasteiger charge is 2.16. The molecule has 2 heterocycles. The second-order valence-electron chi connectivity index (χ2n) is 5.50. The lowest BCUT2D eigenvalue weighted by Crippen LogP contribution is -2.21. The van der Waals surface area contributed by atoms with Gasteiger partial charge in [0, 0.05) is 23.0 Å². The Morgan fingerprint density at radius 1 is 1.33 bits per heavy atom. The van der Waals surface area contributed by atoms with Gasteiger partial charge in [0.05, 0.1) is 7.11 Å². The molecule has 0 spiro atoms. The predicted molar refractivity (Wildman–Crippen MR) is 93.1 cm³/mol. The zero-order chi connectivity index (χ0) is 17.3. The Morgan fingerprint density at radius 2 is 2.12 bits per heavy atom. The molecule has 3 rings (SSSR count). The Balaban J connectivity index is 1.94. The number of carbonyl (C=O) groups excluding carboxylic acids is 1. The van der Waals surface area contributed by atoms with Gasteiger partial charge in [0.2, 0.25) is 10.6 Å². The molecule has 124 valence electrons. The molecule has 0 bridgehead atoms. The summed E-state index contributed by atoms with van der Waals surface area (Å²) in [7, 11) is 1.52. The van der Waals surface area contributed by atoms with Crippen molar-refractivity contribution in [2.45, 2.75) is 19.8 Å². The lowest BCUT2D eigenvalue weighted by molar-refractivity contribution is 0.102. The van der Waals surface area contributed by atoms with E-state index in [1.807, 2.05) is 13.8 Å². The summed E-state index contributed by atoms with van der Waals surface area (Å²) in [5.41, 5.74) is 0.279. The van der Waals surface area contributed by atoms with Crippen molar-refractivity contribution in [2.24, 2.45) is 0 Å². The number of hydrogen-bond donors (Lipinski definition) is 2. The van der Waals surface area contributed by atoms with E-state index in [1.54, 1.807) is 18.2 Å². The summed E-state index contributed by atoms with van der Waals surface area (Å²) in [6.07, 6.45) is 1.40. The van der Waals surface area contributed by atoms with Crippen molar-refractivity contribution in [3.8, 4) is 5.75 Å². The minimum absolute atomic E-state index is 0.0112. The molecule has 0 atom stereocenters. The standard InChI is InChI=1S/C16H16N4O3S/c1-8(2)15-19-20-16(24-15)18-14(22)11-7-17-12-5-4-9(23-3)6-10(12)13(11)21/h4-8H,1-3H3,(H,17,21)(H,18,20,22). The quantitative estimate of drug-likeness (QED) is 0.758. The SMILES string of the molecule is COc1ccc2[nH]cc(C(=O)Nc3nnc(C(C)C)s3)c(=O)c2c1. The number of H-pyrrole nitrogens is 1. The molecule has 3 aromatic rings. The minimum Gasteiger partial charge on any atom is -0.497 e. The smallest absolute Gasteiger partial charge is 0.262 e. The van der Waals surface area contributed by atoms with Gasteiger partial charge in [-0.3, -0.25) is 14.9 Å². The van der Waals surface area contributed by atoms with Crippen LogP contribution >= 0.6 is 11.3 Å². The van der Waals surface area contributed by atoms with E-state index in [9.17, 15) is 9.59 Å². The zero-order valence-corrected chi connectivity index (χ0v) is 14.2. The Bertz CT molecular complexity index is 961. The van der Waals surface area contributed by atoms with Crippen molar-refractivity contribution in [2.75, 3.05) is 12.4 Å². The summed E-state index contributed by atoms with van der Waals surface area (Å²) in [5, 5.41) is 12.1. The van der Waals surface area contributed by atoms with Crippen LogP contribution in [0.4, 0.5) is 5.13 Å². The number of aromatic amines is 1. The number of amides is 1. The molecular weight excluding hydrogens is 328 g/mol. The van der Waals surface area contributed by atoms with Gasteiger partial charge in [-0.15, -0.1) is 10.2 Å². The Kier molecular flexibility index (Phi) is 4.30. The van der Waals surface area contributed by atoms with Gasteiger partial charge in [-0.05, 0) is 18.2 Å². The van der Waals surface area contributed by atoms with Gasteiger partial charge in [0.25, 0.3) is 5.91 Å². The van der Waals surface area contributed by atoms with Gasteiger partial charge in [-0.2, -0.15) is 0 Å². The van der Waals surface area contributed by atoms with Gasteiger partial charge < -0.3 is 9.72 Å². The molecule has 2 aromatic heterocycles. The van der Waals surface area contributed by atoms with Crippen LogP contribution in [0.5, 0.6) is 5.75 Å². The Labute approximate surface area is 141 Å². The largest absolute Gasteiger partial charge is 0.497 e. The first-order chi connectivity index (χ1) is 11.5. The highest BCUT2D eigenvalue weighted by atomic mass is 32.1. The number of benzene rings is 1. The highest BCUT2D eigenvalue weighted by molar-refractivity contribution is 7.15. The molecule has 0 saturated carbocycles. The third-order valence-corrected chi connectivity index (χ3v) is 4.63. The fourth-order valence-corrected chi connectivity index (χ4v) is 2.92. The molecule has 24 heavy (non-hydrogen) atoms. The van der Waals surface area contributed by atoms with E-state index < -0.39 is 5.91 Å². The van der Waals surface area contributed by atoms with E-state index in [-0.39, 0.29) is 16.9 Å². The number of hydrogen-bond acceptors (Lipinski definition) is 6. The summed E-state index contributed by atoms with van der Waals surface area (Å²) in [6.45, 7) is 3.99. The summed E-state index contributed by atoms with van der Waals surface area (Å²) in [5.74, 6) is 0.258. The number of nitrogens with one attached hydrogen (secondary N) is 2. The number of methoxy groups -OCH3 is 1. The van der Waals surface area contributed by atoms with E-state index >= 15 is 0 Å². The lowest BCUT2D eigenvalue weighted by Gasteiger charge is -2.05. The number of aromatic nitrogens is 3. The third kappa shape index (κ3) is 3.00. The molecule has 7 nitrogen and oxygen atoms in total. The monoisotopic (exact) mass is 344 g/mol. The van der Waals surface area contributed by atoms with Gasteiger partial charge in [0.15, 0.2) is 0 Å². The predicted octanol–water partition coefficient (Wildman–Crippen LogP) is 2.76. The first-order valence-corrected chi connectivity index (χ1v) is 8.15. The number of nitrogens with zero attached hydrogens (tertiary/aromatic N) is 2. The van der Waals surface area contributed by atoms with E-state index in [0.29, 0.717) is 21.8 Å². The molecule has 1 amide bonds. The maximum atomic E-state index is 12.6. The van der Waals surface area contributed by atoms with Crippen LogP contribution < -0.4 is 15.5 Å². The maximum Gasteiger partial charge on any atom is 0.262 e. The number of carbonyl (C=O) groups is 1. The first kappa shape index (κ1) is 16.1. The normalized spacial score (nSPS) is 11.0. The maximum absolute atomic E-state index is 12.6. The van der Waals surface area contributed by atoms with Crippen molar-refractivity contribution >= 4 is 33.3 Å². The molecule has 1 aromatic carbocycles. The molecule has 0 unspecified atom stereocenters. The number of ether oxygens (including phenoxy) is 1. The van der Waals surface area contributed by atoms with E-state index in [1.165, 1.54) is 24.6 Å². The van der Waals surface area contributed by atoms with Crippen molar-refractivity contribution in [1.29, 1.82) is 0 Å². The van der Waals surface area contributed by atoms with Crippen LogP contribution in [-0.4, -0.2) is 28.2 Å². The van der Waals surface area contributed by atoms with Crippen LogP contribution in [0.3, 0.4) is 0 Å². The minimum atomic E-state index is -0.521. The van der Waals surface area contributed by atoms with Gasteiger partial charge in [-0.1, -0.05) is 25.2 Å². The first-order valence-electron chi connectivity index (χ1n) is 7.33. The van der Waals surface area contributed by atoms with E-state index in [0.717, 1.165) is 5.01 Å². The fraction of sp³-hybridized carbons (Fsp3) is 0.250. The molecule has 0 aliphatic heterocycles. The molecular formula is C16H16N4O3S. The molecule has 0 aliphatic rings. The number of anilines is 1. The van der Waals surface area contributed by atoms with Crippen molar-refractivity contribution in [3.63, 3.8) is 0 Å². The number of fused-ring (bicyclic) bond motifs is 1. The third-order valence-electron chi connectivity index (χ3n) is 3.49. The molecule has 2 N–H and O–H groups in total. The molecule has 8 heteroatoms. The van der Waals surface area contributed by atoms with Crippen LogP contribution in [0.1, 0.15) is 35.1 Å². The fourth-order valence-electron chi connectivity index (χ4n) is 2.18. The summed E-state index contributed by atoms with van der Waals surface area (Å²) in [6, 6.07) is 5.08. The zero-order valence-electron chi connectivity index (χ0n) is 13.4. The van der Waals surface area contributed by atoms with Crippen LogP contribution in [-0.2, 0) is 0 Å². The molecule has 0 saturated heterocycles. The van der Waals surface area contributed by atoms with Crippen molar-refractivity contribution in [3.05, 3.63) is 45.2 Å². The number of pyridine rings is 1. The highest BCUT2D eigenvalue weighted by Crippen LogP contribution is 2.23. The average molecular weight is 344 g/mol. The number of rotatable bonds is 4. The molecule has 0 radical (unpaired) electrons. The summed E-state index contributed by atoms with van der Waals surface area (Å²) in [4.78, 5) is 27.9. The van der Waals surface area contributed by atoms with E-state index in [4.69, 9.17) is 4.74 Å². The topological polar surface area (TPSA) is 97.0 Å². The summed E-state index contributed by atoms with van der Waals surface area (Å²) < 4.78 is 5.13. The van der Waals surface area contributed by atoms with Gasteiger partial charge >= 0.3 is 0 Å². The second-order valence-corrected chi connectivity index (χ2v) is 6.51. The molecule has 0 fully saturated rings. The van der Waals surface area contributed by atoms with Crippen LogP contribution in [0.2, 0.25) is 0 Å². The van der Waals surface area contributed by atoms with Gasteiger partial charge in [-0.25, -0.2) is 0 Å². The Hall–Kier alpha value is -2.74. The average Bonchev–Trinajstić information content (AvgIpc) is 3.03. The van der Waals surface area contributed by atoms with Crippen LogP contribution in [0, 0.1) is 0 Å². The second kappa shape index (κ2) is 6.40. The van der Waals surface area contributed by atoms with Crippen molar-refractivity contribution in [1.82, 2.24) is 15.2 Å². The lowest BCUT2D eigenvalue weighted by atomic mass is 10.1. The Morgan fingerprint density at radius 3 is 2.79 bits per heavy atom. The van der Waals surface area contributed by atoms with Crippen LogP contribution in [0.15, 0.2) is 29.2 Å². The summed E-state index contributed by atoms with van der Waals surface area (Å²) >= 11 is 1.29. The van der Waals surface area contributed by atoms with Gasteiger partial charge in [0.1, 0.15) is 16.3 Å².